The molecule has 0 saturated heterocycles. The maximum atomic E-state index is 13.0. The molecule has 3 nitrogen and oxygen atoms in total. The maximum absolute atomic E-state index is 13.0. The van der Waals surface area contributed by atoms with Crippen molar-refractivity contribution < 1.29 is 14.0 Å². The van der Waals surface area contributed by atoms with E-state index in [1.165, 1.54) is 17.7 Å². The van der Waals surface area contributed by atoms with Crippen LogP contribution in [-0.4, -0.2) is 5.97 Å². The molecule has 0 aromatic heterocycles. The van der Waals surface area contributed by atoms with Crippen LogP contribution in [0.4, 0.5) is 4.39 Å². The Bertz CT molecular complexity index is 697. The van der Waals surface area contributed by atoms with Gasteiger partial charge in [0.25, 0.3) is 0 Å². The van der Waals surface area contributed by atoms with Crippen LogP contribution in [0.2, 0.25) is 0 Å². The Balaban J connectivity index is 1.96. The van der Waals surface area contributed by atoms with Gasteiger partial charge in [0.15, 0.2) is 0 Å². The third-order valence-electron chi connectivity index (χ3n) is 4.50. The number of hydrogen-bond donors (Lipinski definition) is 1. The molecule has 0 aliphatic heterocycles. The molecule has 0 spiro atoms. The topological polar surface area (TPSA) is 52.3 Å². The van der Waals surface area contributed by atoms with Crippen LogP contribution in [-0.2, 0) is 16.1 Å². The molecule has 2 atom stereocenters. The van der Waals surface area contributed by atoms with Crippen molar-refractivity contribution in [2.24, 2.45) is 11.8 Å². The van der Waals surface area contributed by atoms with Crippen LogP contribution in [0.1, 0.15) is 30.4 Å². The second-order valence-electron chi connectivity index (χ2n) is 5.68. The summed E-state index contributed by atoms with van der Waals surface area (Å²) in [7, 11) is 0. The van der Waals surface area contributed by atoms with Crippen LogP contribution >= 0.6 is 0 Å². The minimum Gasteiger partial charge on any atom is -0.373 e. The summed E-state index contributed by atoms with van der Waals surface area (Å²) < 4.78 is 13.0. The molecule has 2 aromatic carbocycles. The molecule has 1 aliphatic rings. The lowest BCUT2D eigenvalue weighted by Crippen LogP contribution is -2.24. The zero-order valence-corrected chi connectivity index (χ0v) is 12.4. The molecule has 0 bridgehead atoms. The summed E-state index contributed by atoms with van der Waals surface area (Å²) in [4.78, 5) is 16.3. The van der Waals surface area contributed by atoms with Gasteiger partial charge in [0.2, 0.25) is 0 Å². The zero-order valence-electron chi connectivity index (χ0n) is 12.4. The van der Waals surface area contributed by atoms with Gasteiger partial charge < -0.3 is 4.84 Å². The molecule has 1 aliphatic carbocycles. The van der Waals surface area contributed by atoms with Gasteiger partial charge in [-0.25, -0.2) is 4.39 Å². The van der Waals surface area contributed by atoms with Crippen molar-refractivity contribution >= 4 is 5.97 Å². The Hall–Kier alpha value is -2.20. The molecule has 3 rings (SSSR count). The van der Waals surface area contributed by atoms with E-state index in [1.807, 2.05) is 6.07 Å². The van der Waals surface area contributed by atoms with Crippen molar-refractivity contribution in [2.45, 2.75) is 25.7 Å². The Kier molecular flexibility index (Phi) is 3.94. The second-order valence-corrected chi connectivity index (χ2v) is 5.68. The van der Waals surface area contributed by atoms with Crippen molar-refractivity contribution in [1.82, 2.24) is 0 Å². The first kappa shape index (κ1) is 14.7. The lowest BCUT2D eigenvalue weighted by Gasteiger charge is -2.15. The molecular formula is C18H18FNO2. The predicted octanol–water partition coefficient (Wildman–Crippen LogP) is 3.58. The molecule has 0 fully saturated rings. The van der Waals surface area contributed by atoms with E-state index >= 15 is 0 Å². The average molecular weight is 299 g/mol. The van der Waals surface area contributed by atoms with Crippen LogP contribution in [0.25, 0.3) is 11.1 Å². The quantitative estimate of drug-likeness (QED) is 0.881. The highest BCUT2D eigenvalue weighted by atomic mass is 19.1. The van der Waals surface area contributed by atoms with Gasteiger partial charge in [0, 0.05) is 0 Å². The largest absolute Gasteiger partial charge is 0.373 e. The standard InChI is InChI=1S/C18H18FNO2/c1-2-15-16-8-5-12(11-3-6-14(19)7-4-11)9-13(16)10-17(15)18(21)22-20/h3-9,15,17H,2,10,20H2,1H3. The highest BCUT2D eigenvalue weighted by Crippen LogP contribution is 2.42. The summed E-state index contributed by atoms with van der Waals surface area (Å²) in [5, 5.41) is 0. The fourth-order valence-corrected chi connectivity index (χ4v) is 3.40. The Morgan fingerprint density at radius 2 is 1.91 bits per heavy atom. The smallest absolute Gasteiger partial charge is 0.328 e. The molecule has 2 aromatic rings. The van der Waals surface area contributed by atoms with E-state index in [0.29, 0.717) is 6.42 Å². The van der Waals surface area contributed by atoms with Gasteiger partial charge in [-0.2, -0.15) is 5.90 Å². The van der Waals surface area contributed by atoms with E-state index in [2.05, 4.69) is 23.9 Å². The first-order valence-corrected chi connectivity index (χ1v) is 7.43. The first-order chi connectivity index (χ1) is 10.6. The molecule has 2 unspecified atom stereocenters. The normalized spacial score (nSPS) is 19.8. The Morgan fingerprint density at radius 3 is 2.55 bits per heavy atom. The van der Waals surface area contributed by atoms with Crippen LogP contribution in [0.5, 0.6) is 0 Å². The van der Waals surface area contributed by atoms with Crippen molar-refractivity contribution in [3.63, 3.8) is 0 Å². The van der Waals surface area contributed by atoms with Crippen LogP contribution in [0, 0.1) is 11.7 Å². The van der Waals surface area contributed by atoms with E-state index in [9.17, 15) is 9.18 Å². The zero-order chi connectivity index (χ0) is 15.7. The average Bonchev–Trinajstić information content (AvgIpc) is 2.92. The molecular weight excluding hydrogens is 281 g/mol. The highest BCUT2D eigenvalue weighted by molar-refractivity contribution is 5.76. The van der Waals surface area contributed by atoms with Crippen molar-refractivity contribution in [2.75, 3.05) is 0 Å². The Morgan fingerprint density at radius 1 is 1.23 bits per heavy atom. The lowest BCUT2D eigenvalue weighted by atomic mass is 9.90. The van der Waals surface area contributed by atoms with E-state index in [-0.39, 0.29) is 23.6 Å². The molecule has 0 radical (unpaired) electrons. The van der Waals surface area contributed by atoms with E-state index in [4.69, 9.17) is 5.90 Å². The van der Waals surface area contributed by atoms with Crippen LogP contribution in [0.15, 0.2) is 42.5 Å². The maximum Gasteiger partial charge on any atom is 0.328 e. The third kappa shape index (κ3) is 2.50. The lowest BCUT2D eigenvalue weighted by molar-refractivity contribution is -0.149. The number of hydrogen-bond acceptors (Lipinski definition) is 3. The molecule has 114 valence electrons. The summed E-state index contributed by atoms with van der Waals surface area (Å²) in [6.07, 6.45) is 1.50. The van der Waals surface area contributed by atoms with E-state index in [1.54, 1.807) is 12.1 Å². The summed E-state index contributed by atoms with van der Waals surface area (Å²) in [5.74, 6) is 4.38. The van der Waals surface area contributed by atoms with Gasteiger partial charge in [0.05, 0.1) is 5.92 Å². The van der Waals surface area contributed by atoms with Crippen LogP contribution < -0.4 is 5.90 Å². The van der Waals surface area contributed by atoms with Gasteiger partial charge in [-0.15, -0.1) is 0 Å². The minimum absolute atomic E-state index is 0.147. The van der Waals surface area contributed by atoms with E-state index < -0.39 is 0 Å². The summed E-state index contributed by atoms with van der Waals surface area (Å²) in [5.41, 5.74) is 4.31. The van der Waals surface area contributed by atoms with Gasteiger partial charge >= 0.3 is 5.97 Å². The number of carbonyl (C=O) groups is 1. The monoisotopic (exact) mass is 299 g/mol. The van der Waals surface area contributed by atoms with Crippen molar-refractivity contribution in [1.29, 1.82) is 0 Å². The summed E-state index contributed by atoms with van der Waals surface area (Å²) in [6, 6.07) is 12.6. The fraction of sp³-hybridized carbons (Fsp3) is 0.278. The molecule has 4 heteroatoms. The molecule has 22 heavy (non-hydrogen) atoms. The van der Waals surface area contributed by atoms with Crippen LogP contribution in [0.3, 0.4) is 0 Å². The predicted molar refractivity (Wildman–Crippen MR) is 82.3 cm³/mol. The van der Waals surface area contributed by atoms with Crippen molar-refractivity contribution in [3.8, 4) is 11.1 Å². The summed E-state index contributed by atoms with van der Waals surface area (Å²) >= 11 is 0. The molecule has 0 amide bonds. The molecule has 0 saturated carbocycles. The SMILES string of the molecule is CCC1c2ccc(-c3ccc(F)cc3)cc2CC1C(=O)ON. The fourth-order valence-electron chi connectivity index (χ4n) is 3.40. The Labute approximate surface area is 128 Å². The third-order valence-corrected chi connectivity index (χ3v) is 4.50. The second kappa shape index (κ2) is 5.89. The number of nitrogens with two attached hydrogens (primary N) is 1. The first-order valence-electron chi connectivity index (χ1n) is 7.43. The van der Waals surface area contributed by atoms with Crippen molar-refractivity contribution in [3.05, 3.63) is 59.4 Å². The summed E-state index contributed by atoms with van der Waals surface area (Å²) in [6.45, 7) is 2.06. The minimum atomic E-state index is -0.355. The van der Waals surface area contributed by atoms with Gasteiger partial charge in [-0.1, -0.05) is 37.3 Å². The van der Waals surface area contributed by atoms with Gasteiger partial charge in [0.1, 0.15) is 5.82 Å². The van der Waals surface area contributed by atoms with Gasteiger partial charge in [-0.05, 0) is 53.1 Å². The molecule has 0 heterocycles. The highest BCUT2D eigenvalue weighted by Gasteiger charge is 2.37. The number of carbonyl (C=O) groups excluding carboxylic acids is 1. The number of fused-ring (bicyclic) bond motifs is 1. The number of rotatable bonds is 3. The van der Waals surface area contributed by atoms with Gasteiger partial charge in [-0.3, -0.25) is 4.79 Å². The number of halogens is 1. The molecule has 2 N–H and O–H groups in total. The van der Waals surface area contributed by atoms with E-state index in [0.717, 1.165) is 23.1 Å². The number of benzene rings is 2.